The summed E-state index contributed by atoms with van der Waals surface area (Å²) in [6.45, 7) is 0. The third-order valence-electron chi connectivity index (χ3n) is 2.46. The van der Waals surface area contributed by atoms with Crippen molar-refractivity contribution < 1.29 is 4.39 Å². The molecule has 2 rings (SSSR count). The average Bonchev–Trinajstić information content (AvgIpc) is 2.30. The van der Waals surface area contributed by atoms with E-state index < -0.39 is 0 Å². The second-order valence-corrected chi connectivity index (χ2v) is 5.07. The van der Waals surface area contributed by atoms with Gasteiger partial charge in [0.25, 0.3) is 0 Å². The van der Waals surface area contributed by atoms with Crippen LogP contribution in [0.25, 0.3) is 0 Å². The van der Waals surface area contributed by atoms with Crippen LogP contribution >= 0.6 is 27.5 Å². The Morgan fingerprint density at radius 1 is 1.24 bits per heavy atom. The van der Waals surface area contributed by atoms with E-state index in [9.17, 15) is 4.39 Å². The standard InChI is InChI=1S/C13H10BrClFN/c14-12-8-10(16)1-2-11(12)13(15)7-9-3-5-17-6-4-9/h1-6,8,13H,7H2. The van der Waals surface area contributed by atoms with Crippen LogP contribution < -0.4 is 0 Å². The highest BCUT2D eigenvalue weighted by Crippen LogP contribution is 2.31. The normalized spacial score (nSPS) is 12.4. The van der Waals surface area contributed by atoms with Crippen LogP contribution in [-0.4, -0.2) is 4.98 Å². The minimum Gasteiger partial charge on any atom is -0.265 e. The molecule has 1 unspecified atom stereocenters. The second-order valence-electron chi connectivity index (χ2n) is 3.69. The maximum Gasteiger partial charge on any atom is 0.124 e. The van der Waals surface area contributed by atoms with Crippen molar-refractivity contribution in [2.24, 2.45) is 0 Å². The third-order valence-corrected chi connectivity index (χ3v) is 3.54. The highest BCUT2D eigenvalue weighted by molar-refractivity contribution is 9.10. The maximum absolute atomic E-state index is 13.0. The molecule has 1 aromatic heterocycles. The number of hydrogen-bond donors (Lipinski definition) is 0. The van der Waals surface area contributed by atoms with E-state index in [2.05, 4.69) is 20.9 Å². The number of halogens is 3. The molecule has 0 spiro atoms. The summed E-state index contributed by atoms with van der Waals surface area (Å²) < 4.78 is 13.7. The van der Waals surface area contributed by atoms with Gasteiger partial charge in [-0.1, -0.05) is 22.0 Å². The van der Waals surface area contributed by atoms with Crippen molar-refractivity contribution in [3.8, 4) is 0 Å². The molecule has 0 aliphatic rings. The van der Waals surface area contributed by atoms with E-state index in [4.69, 9.17) is 11.6 Å². The fourth-order valence-electron chi connectivity index (χ4n) is 1.59. The van der Waals surface area contributed by atoms with Crippen LogP contribution in [0.2, 0.25) is 0 Å². The molecule has 1 heterocycles. The molecule has 0 saturated heterocycles. The Kier molecular flexibility index (Phi) is 4.13. The van der Waals surface area contributed by atoms with Gasteiger partial charge in [0, 0.05) is 16.9 Å². The lowest BCUT2D eigenvalue weighted by Crippen LogP contribution is -1.97. The van der Waals surface area contributed by atoms with E-state index in [1.165, 1.54) is 12.1 Å². The van der Waals surface area contributed by atoms with Crippen molar-refractivity contribution in [2.45, 2.75) is 11.8 Å². The first kappa shape index (κ1) is 12.5. The summed E-state index contributed by atoms with van der Waals surface area (Å²) in [5.74, 6) is -0.270. The summed E-state index contributed by atoms with van der Waals surface area (Å²) in [5.41, 5.74) is 2.00. The molecule has 1 aromatic carbocycles. The van der Waals surface area contributed by atoms with Crippen molar-refractivity contribution >= 4 is 27.5 Å². The number of rotatable bonds is 3. The summed E-state index contributed by atoms with van der Waals surface area (Å²) in [6, 6.07) is 8.40. The van der Waals surface area contributed by atoms with Gasteiger partial charge >= 0.3 is 0 Å². The molecule has 0 radical (unpaired) electrons. The highest BCUT2D eigenvalue weighted by Gasteiger charge is 2.12. The second kappa shape index (κ2) is 5.61. The molecule has 88 valence electrons. The zero-order valence-corrected chi connectivity index (χ0v) is 11.2. The van der Waals surface area contributed by atoms with Crippen molar-refractivity contribution in [3.63, 3.8) is 0 Å². The molecule has 0 amide bonds. The van der Waals surface area contributed by atoms with Crippen LogP contribution in [0.4, 0.5) is 4.39 Å². The van der Waals surface area contributed by atoms with Crippen LogP contribution in [0.3, 0.4) is 0 Å². The Morgan fingerprint density at radius 2 is 1.94 bits per heavy atom. The number of benzene rings is 1. The van der Waals surface area contributed by atoms with Gasteiger partial charge in [-0.15, -0.1) is 11.6 Å². The lowest BCUT2D eigenvalue weighted by atomic mass is 10.0. The maximum atomic E-state index is 13.0. The molecule has 17 heavy (non-hydrogen) atoms. The molecular formula is C13H10BrClFN. The van der Waals surface area contributed by atoms with Gasteiger partial charge < -0.3 is 0 Å². The Labute approximate surface area is 113 Å². The van der Waals surface area contributed by atoms with E-state index in [-0.39, 0.29) is 11.2 Å². The Morgan fingerprint density at radius 3 is 2.59 bits per heavy atom. The molecule has 1 atom stereocenters. The number of aromatic nitrogens is 1. The van der Waals surface area contributed by atoms with E-state index in [1.54, 1.807) is 18.5 Å². The van der Waals surface area contributed by atoms with Crippen molar-refractivity contribution in [3.05, 3.63) is 64.1 Å². The molecule has 0 bridgehead atoms. The molecule has 2 aromatic rings. The largest absolute Gasteiger partial charge is 0.265 e. The van der Waals surface area contributed by atoms with Gasteiger partial charge in [-0.3, -0.25) is 4.98 Å². The molecule has 0 aliphatic heterocycles. The molecule has 0 N–H and O–H groups in total. The number of pyridine rings is 1. The third kappa shape index (κ3) is 3.27. The lowest BCUT2D eigenvalue weighted by Gasteiger charge is -2.11. The van der Waals surface area contributed by atoms with E-state index in [0.29, 0.717) is 10.9 Å². The first-order chi connectivity index (χ1) is 8.16. The fraction of sp³-hybridized carbons (Fsp3) is 0.154. The summed E-state index contributed by atoms with van der Waals surface area (Å²) in [6.07, 6.45) is 4.16. The Balaban J connectivity index is 2.17. The fourth-order valence-corrected chi connectivity index (χ4v) is 2.72. The van der Waals surface area contributed by atoms with E-state index >= 15 is 0 Å². The van der Waals surface area contributed by atoms with Crippen LogP contribution in [0, 0.1) is 5.82 Å². The van der Waals surface area contributed by atoms with Gasteiger partial charge in [-0.05, 0) is 41.8 Å². The number of hydrogen-bond acceptors (Lipinski definition) is 1. The van der Waals surface area contributed by atoms with Crippen LogP contribution in [0.15, 0.2) is 47.2 Å². The molecule has 1 nitrogen and oxygen atoms in total. The van der Waals surface area contributed by atoms with Crippen LogP contribution in [-0.2, 0) is 6.42 Å². The monoisotopic (exact) mass is 313 g/mol. The molecule has 0 aliphatic carbocycles. The van der Waals surface area contributed by atoms with Gasteiger partial charge in [0.05, 0.1) is 5.38 Å². The van der Waals surface area contributed by atoms with Gasteiger partial charge in [-0.2, -0.15) is 0 Å². The van der Waals surface area contributed by atoms with Crippen molar-refractivity contribution in [1.82, 2.24) is 4.98 Å². The Hall–Kier alpha value is -0.930. The first-order valence-electron chi connectivity index (χ1n) is 5.15. The van der Waals surface area contributed by atoms with E-state index in [1.807, 2.05) is 12.1 Å². The molecule has 0 saturated carbocycles. The zero-order valence-electron chi connectivity index (χ0n) is 8.91. The van der Waals surface area contributed by atoms with Gasteiger partial charge in [0.2, 0.25) is 0 Å². The first-order valence-corrected chi connectivity index (χ1v) is 6.37. The minimum atomic E-state index is -0.270. The van der Waals surface area contributed by atoms with Crippen LogP contribution in [0.5, 0.6) is 0 Å². The predicted octanol–water partition coefficient (Wildman–Crippen LogP) is 4.51. The molecular weight excluding hydrogens is 305 g/mol. The van der Waals surface area contributed by atoms with E-state index in [0.717, 1.165) is 11.1 Å². The molecule has 0 fully saturated rings. The summed E-state index contributed by atoms with van der Waals surface area (Å²) in [4.78, 5) is 3.95. The summed E-state index contributed by atoms with van der Waals surface area (Å²) in [5, 5.41) is -0.188. The van der Waals surface area contributed by atoms with Gasteiger partial charge in [0.15, 0.2) is 0 Å². The Bertz CT molecular complexity index is 504. The zero-order chi connectivity index (χ0) is 12.3. The van der Waals surface area contributed by atoms with Crippen LogP contribution in [0.1, 0.15) is 16.5 Å². The topological polar surface area (TPSA) is 12.9 Å². The molecule has 4 heteroatoms. The van der Waals surface area contributed by atoms with Gasteiger partial charge in [0.1, 0.15) is 5.82 Å². The highest BCUT2D eigenvalue weighted by atomic mass is 79.9. The number of alkyl halides is 1. The SMILES string of the molecule is Fc1ccc(C(Cl)Cc2ccncc2)c(Br)c1. The average molecular weight is 315 g/mol. The lowest BCUT2D eigenvalue weighted by molar-refractivity contribution is 0.625. The smallest absolute Gasteiger partial charge is 0.124 e. The summed E-state index contributed by atoms with van der Waals surface area (Å²) in [7, 11) is 0. The number of nitrogens with zero attached hydrogens (tertiary/aromatic N) is 1. The van der Waals surface area contributed by atoms with Gasteiger partial charge in [-0.25, -0.2) is 4.39 Å². The quantitative estimate of drug-likeness (QED) is 0.760. The predicted molar refractivity (Wildman–Crippen MR) is 70.6 cm³/mol. The minimum absolute atomic E-state index is 0.188. The summed E-state index contributed by atoms with van der Waals surface area (Å²) >= 11 is 9.65. The van der Waals surface area contributed by atoms with Crippen molar-refractivity contribution in [1.29, 1.82) is 0 Å². The van der Waals surface area contributed by atoms with Crippen molar-refractivity contribution in [2.75, 3.05) is 0 Å².